The first-order chi connectivity index (χ1) is 16.0. The lowest BCUT2D eigenvalue weighted by Crippen LogP contribution is -2.22. The van der Waals surface area contributed by atoms with Crippen molar-refractivity contribution < 1.29 is 4.79 Å². The number of thiophene rings is 1. The lowest BCUT2D eigenvalue weighted by atomic mass is 9.85. The Kier molecular flexibility index (Phi) is 8.28. The third kappa shape index (κ3) is 6.11. The molecule has 0 aliphatic heterocycles. The Morgan fingerprint density at radius 1 is 1.06 bits per heavy atom. The molecule has 1 aromatic heterocycles. The van der Waals surface area contributed by atoms with Gasteiger partial charge in [0.25, 0.3) is 5.91 Å². The maximum atomic E-state index is 12.2. The Hall–Kier alpha value is -2.55. The highest BCUT2D eigenvalue weighted by atomic mass is 32.2. The van der Waals surface area contributed by atoms with Crippen molar-refractivity contribution in [2.45, 2.75) is 64.0 Å². The molecule has 3 nitrogen and oxygen atoms in total. The summed E-state index contributed by atoms with van der Waals surface area (Å²) in [5.74, 6) is 0.225. The van der Waals surface area contributed by atoms with Crippen LogP contribution < -0.4 is 5.32 Å². The highest BCUT2D eigenvalue weighted by Gasteiger charge is 2.22. The van der Waals surface area contributed by atoms with Crippen molar-refractivity contribution in [1.29, 1.82) is 5.26 Å². The molecule has 0 bridgehead atoms. The van der Waals surface area contributed by atoms with Gasteiger partial charge in [0, 0.05) is 15.0 Å². The molecule has 0 aliphatic rings. The predicted octanol–water partition coefficient (Wildman–Crippen LogP) is 8.07. The standard InChI is InChI=1S/C29H34N2OS2/c1-18(2)27(24-12-13-25(34-24)28(32)31-15-14-30)33-23-16-19(3)26(20(4)17-23)21-8-10-22(11-9-21)29(5,6)7/h8-13,16-18,27H,15H2,1-7H3,(H,31,32). The molecule has 1 atom stereocenters. The fraction of sp³-hybridized carbons (Fsp3) is 0.379. The van der Waals surface area contributed by atoms with E-state index in [-0.39, 0.29) is 23.1 Å². The fourth-order valence-electron chi connectivity index (χ4n) is 4.09. The van der Waals surface area contributed by atoms with Gasteiger partial charge in [0.2, 0.25) is 0 Å². The molecule has 1 amide bonds. The molecule has 0 saturated carbocycles. The highest BCUT2D eigenvalue weighted by Crippen LogP contribution is 2.45. The van der Waals surface area contributed by atoms with Gasteiger partial charge in [-0.25, -0.2) is 0 Å². The Bertz CT molecular complexity index is 1170. The number of carbonyl (C=O) groups is 1. The number of hydrogen-bond acceptors (Lipinski definition) is 4. The van der Waals surface area contributed by atoms with E-state index in [4.69, 9.17) is 5.26 Å². The van der Waals surface area contributed by atoms with Gasteiger partial charge in [-0.05, 0) is 77.3 Å². The van der Waals surface area contributed by atoms with Crippen LogP contribution in [0.1, 0.15) is 71.1 Å². The molecule has 34 heavy (non-hydrogen) atoms. The summed E-state index contributed by atoms with van der Waals surface area (Å²) < 4.78 is 0. The number of carbonyl (C=O) groups excluding carboxylic acids is 1. The minimum Gasteiger partial charge on any atom is -0.338 e. The first kappa shape index (κ1) is 26.1. The van der Waals surface area contributed by atoms with Crippen molar-refractivity contribution in [2.75, 3.05) is 6.54 Å². The van der Waals surface area contributed by atoms with Crippen LogP contribution in [0.15, 0.2) is 53.4 Å². The summed E-state index contributed by atoms with van der Waals surface area (Å²) in [5, 5.41) is 11.6. The topological polar surface area (TPSA) is 52.9 Å². The van der Waals surface area contributed by atoms with Gasteiger partial charge in [0.15, 0.2) is 0 Å². The molecule has 0 fully saturated rings. The van der Waals surface area contributed by atoms with Crippen molar-refractivity contribution in [3.8, 4) is 17.2 Å². The monoisotopic (exact) mass is 490 g/mol. The van der Waals surface area contributed by atoms with E-state index in [1.54, 1.807) is 0 Å². The first-order valence-electron chi connectivity index (χ1n) is 11.6. The maximum Gasteiger partial charge on any atom is 0.262 e. The summed E-state index contributed by atoms with van der Waals surface area (Å²) in [7, 11) is 0. The van der Waals surface area contributed by atoms with Crippen LogP contribution in [0.3, 0.4) is 0 Å². The second kappa shape index (κ2) is 10.8. The molecule has 178 valence electrons. The first-order valence-corrected chi connectivity index (χ1v) is 13.3. The van der Waals surface area contributed by atoms with Gasteiger partial charge in [0.1, 0.15) is 6.54 Å². The molecule has 0 saturated heterocycles. The summed E-state index contributed by atoms with van der Waals surface area (Å²) in [6.07, 6.45) is 0. The quantitative estimate of drug-likeness (QED) is 0.269. The minimum absolute atomic E-state index is 0.0261. The van der Waals surface area contributed by atoms with E-state index in [0.717, 1.165) is 0 Å². The van der Waals surface area contributed by atoms with Crippen LogP contribution in [0.2, 0.25) is 0 Å². The average molecular weight is 491 g/mol. The third-order valence-corrected chi connectivity index (χ3v) is 8.75. The van der Waals surface area contributed by atoms with E-state index in [1.807, 2.05) is 23.9 Å². The SMILES string of the molecule is Cc1cc(SC(c2ccc(C(=O)NCC#N)s2)C(C)C)cc(C)c1-c1ccc(C(C)(C)C)cc1. The van der Waals surface area contributed by atoms with E-state index < -0.39 is 0 Å². The van der Waals surface area contributed by atoms with Crippen molar-refractivity contribution in [2.24, 2.45) is 5.92 Å². The molecule has 0 radical (unpaired) electrons. The fourth-order valence-corrected chi connectivity index (χ4v) is 6.71. The number of nitrogens with one attached hydrogen (secondary N) is 1. The van der Waals surface area contributed by atoms with Crippen LogP contribution >= 0.6 is 23.1 Å². The van der Waals surface area contributed by atoms with Crippen LogP contribution in [0.25, 0.3) is 11.1 Å². The molecule has 1 N–H and O–H groups in total. The van der Waals surface area contributed by atoms with Gasteiger partial charge in [-0.1, -0.05) is 58.9 Å². The van der Waals surface area contributed by atoms with Gasteiger partial charge in [0.05, 0.1) is 10.9 Å². The van der Waals surface area contributed by atoms with Crippen LogP contribution in [0.5, 0.6) is 0 Å². The van der Waals surface area contributed by atoms with Crippen LogP contribution in [0.4, 0.5) is 0 Å². The van der Waals surface area contributed by atoms with Crippen LogP contribution in [0, 0.1) is 31.1 Å². The maximum absolute atomic E-state index is 12.2. The molecule has 1 unspecified atom stereocenters. The van der Waals surface area contributed by atoms with Crippen molar-refractivity contribution >= 4 is 29.0 Å². The molecule has 3 aromatic rings. The largest absolute Gasteiger partial charge is 0.338 e. The molecule has 3 rings (SSSR count). The second-order valence-corrected chi connectivity index (χ2v) is 12.4. The summed E-state index contributed by atoms with van der Waals surface area (Å²) >= 11 is 3.37. The molecule has 1 heterocycles. The smallest absolute Gasteiger partial charge is 0.262 e. The highest BCUT2D eigenvalue weighted by molar-refractivity contribution is 7.99. The van der Waals surface area contributed by atoms with Crippen molar-refractivity contribution in [3.05, 3.63) is 75.0 Å². The molecular formula is C29H34N2OS2. The minimum atomic E-state index is -0.182. The summed E-state index contributed by atoms with van der Waals surface area (Å²) in [6.45, 7) is 15.6. The number of benzene rings is 2. The van der Waals surface area contributed by atoms with E-state index >= 15 is 0 Å². The van der Waals surface area contributed by atoms with Gasteiger partial charge in [-0.3, -0.25) is 4.79 Å². The molecular weight excluding hydrogens is 456 g/mol. The number of hydrogen-bond donors (Lipinski definition) is 1. The van der Waals surface area contributed by atoms with E-state index in [0.29, 0.717) is 10.8 Å². The molecule has 2 aromatic carbocycles. The van der Waals surface area contributed by atoms with Crippen LogP contribution in [-0.2, 0) is 5.41 Å². The van der Waals surface area contributed by atoms with E-state index in [1.165, 1.54) is 48.9 Å². The molecule has 0 spiro atoms. The Labute approximate surface area is 212 Å². The number of aryl methyl sites for hydroxylation is 2. The second-order valence-electron chi connectivity index (χ2n) is 10.1. The zero-order chi connectivity index (χ0) is 25.0. The zero-order valence-electron chi connectivity index (χ0n) is 21.2. The summed E-state index contributed by atoms with van der Waals surface area (Å²) in [6, 6.07) is 19.4. The van der Waals surface area contributed by atoms with Gasteiger partial charge >= 0.3 is 0 Å². The molecule has 0 aliphatic carbocycles. The normalized spacial score (nSPS) is 12.4. The Morgan fingerprint density at radius 3 is 2.21 bits per heavy atom. The Balaban J connectivity index is 1.85. The summed E-state index contributed by atoms with van der Waals surface area (Å²) in [4.78, 5) is 15.3. The van der Waals surface area contributed by atoms with Gasteiger partial charge in [-0.15, -0.1) is 23.1 Å². The average Bonchev–Trinajstić information content (AvgIpc) is 3.25. The number of amides is 1. The predicted molar refractivity (Wildman–Crippen MR) is 146 cm³/mol. The number of rotatable bonds is 7. The van der Waals surface area contributed by atoms with E-state index in [2.05, 4.69) is 96.2 Å². The van der Waals surface area contributed by atoms with Crippen LogP contribution in [-0.4, -0.2) is 12.5 Å². The molecule has 5 heteroatoms. The lowest BCUT2D eigenvalue weighted by Gasteiger charge is -2.22. The number of nitriles is 1. The Morgan fingerprint density at radius 2 is 1.68 bits per heavy atom. The van der Waals surface area contributed by atoms with Crippen molar-refractivity contribution in [1.82, 2.24) is 5.32 Å². The summed E-state index contributed by atoms with van der Waals surface area (Å²) in [5.41, 5.74) is 6.60. The van der Waals surface area contributed by atoms with Gasteiger partial charge < -0.3 is 5.32 Å². The third-order valence-electron chi connectivity index (χ3n) is 5.87. The van der Waals surface area contributed by atoms with Crippen molar-refractivity contribution in [3.63, 3.8) is 0 Å². The number of nitrogens with zero attached hydrogens (tertiary/aromatic N) is 1. The number of thioether (sulfide) groups is 1. The zero-order valence-corrected chi connectivity index (χ0v) is 22.8. The van der Waals surface area contributed by atoms with Gasteiger partial charge in [-0.2, -0.15) is 5.26 Å². The lowest BCUT2D eigenvalue weighted by molar-refractivity contribution is 0.0962. The van der Waals surface area contributed by atoms with E-state index in [9.17, 15) is 4.79 Å².